The number of aliphatic hydroxyl groups excluding tert-OH is 1. The van der Waals surface area contributed by atoms with E-state index >= 15 is 0 Å². The number of benzene rings is 1. The summed E-state index contributed by atoms with van der Waals surface area (Å²) in [6, 6.07) is 3.99. The normalized spacial score (nSPS) is 30.0. The first-order valence-electron chi connectivity index (χ1n) is 6.99. The van der Waals surface area contributed by atoms with E-state index in [0.717, 1.165) is 0 Å². The lowest BCUT2D eigenvalue weighted by molar-refractivity contribution is -0.147. The largest absolute Gasteiger partial charge is 0.465 e. The number of aliphatic hydroxyl groups is 1. The molecule has 22 heavy (non-hydrogen) atoms. The van der Waals surface area contributed by atoms with Gasteiger partial charge in [-0.15, -0.1) is 11.8 Å². The second-order valence-electron chi connectivity index (χ2n) is 5.38. The van der Waals surface area contributed by atoms with E-state index in [0.29, 0.717) is 11.3 Å². The number of likely N-dealkylation sites (N-methyl/N-ethyl adjacent to an activating group) is 1. The molecule has 118 valence electrons. The van der Waals surface area contributed by atoms with Crippen molar-refractivity contribution in [2.24, 2.45) is 0 Å². The molecule has 7 heteroatoms. The van der Waals surface area contributed by atoms with Crippen LogP contribution in [0.3, 0.4) is 0 Å². The lowest BCUT2D eigenvalue weighted by Crippen LogP contribution is -2.53. The van der Waals surface area contributed by atoms with Crippen LogP contribution in [0.25, 0.3) is 0 Å². The van der Waals surface area contributed by atoms with Crippen LogP contribution in [0.4, 0.5) is 10.1 Å². The summed E-state index contributed by atoms with van der Waals surface area (Å²) in [4.78, 5) is 26.5. The number of fused-ring (bicyclic) bond motifs is 2. The van der Waals surface area contributed by atoms with Crippen LogP contribution in [-0.2, 0) is 19.7 Å². The quantitative estimate of drug-likeness (QED) is 0.824. The van der Waals surface area contributed by atoms with E-state index in [1.807, 2.05) is 0 Å². The molecular formula is C15H16FNO4S. The highest BCUT2D eigenvalue weighted by atomic mass is 32.2. The van der Waals surface area contributed by atoms with Crippen LogP contribution in [0, 0.1) is 5.82 Å². The number of hydrogen-bond donors (Lipinski definition) is 1. The van der Waals surface area contributed by atoms with Crippen molar-refractivity contribution in [3.63, 3.8) is 0 Å². The van der Waals surface area contributed by atoms with Gasteiger partial charge in [-0.05, 0) is 30.7 Å². The molecule has 1 aromatic rings. The molecule has 2 heterocycles. The number of thioether (sulfide) groups is 1. The van der Waals surface area contributed by atoms with Gasteiger partial charge in [0.1, 0.15) is 16.5 Å². The molecule has 5 nitrogen and oxygen atoms in total. The Morgan fingerprint density at radius 3 is 3.00 bits per heavy atom. The van der Waals surface area contributed by atoms with Gasteiger partial charge in [-0.3, -0.25) is 9.59 Å². The molecule has 3 rings (SSSR count). The van der Waals surface area contributed by atoms with Crippen LogP contribution < -0.4 is 4.90 Å². The van der Waals surface area contributed by atoms with Crippen molar-refractivity contribution in [1.82, 2.24) is 0 Å². The molecule has 0 saturated carbocycles. The zero-order chi connectivity index (χ0) is 16.1. The van der Waals surface area contributed by atoms with Crippen molar-refractivity contribution in [2.45, 2.75) is 23.7 Å². The fourth-order valence-electron chi connectivity index (χ4n) is 3.31. The van der Waals surface area contributed by atoms with Crippen LogP contribution >= 0.6 is 11.8 Å². The summed E-state index contributed by atoms with van der Waals surface area (Å²) in [6.45, 7) is 1.86. The second-order valence-corrected chi connectivity index (χ2v) is 6.51. The van der Waals surface area contributed by atoms with E-state index in [2.05, 4.69) is 0 Å². The van der Waals surface area contributed by atoms with E-state index in [1.54, 1.807) is 14.0 Å². The smallest absolute Gasteiger partial charge is 0.320 e. The molecule has 0 aliphatic carbocycles. The van der Waals surface area contributed by atoms with Gasteiger partial charge >= 0.3 is 5.97 Å². The fraction of sp³-hybridized carbons (Fsp3) is 0.467. The third-order valence-electron chi connectivity index (χ3n) is 4.28. The topological polar surface area (TPSA) is 66.8 Å². The van der Waals surface area contributed by atoms with Gasteiger partial charge in [-0.2, -0.15) is 0 Å². The number of carbonyl (C=O) groups excluding carboxylic acids is 2. The average Bonchev–Trinajstić information content (AvgIpc) is 2.93. The van der Waals surface area contributed by atoms with Crippen molar-refractivity contribution < 1.29 is 23.8 Å². The summed E-state index contributed by atoms with van der Waals surface area (Å²) >= 11 is 1.18. The SMILES string of the molecule is CCOC(=O)[C@H]1SC[C@H](O)[C@]12C(=O)N(C)c1ccc(F)cc12. The van der Waals surface area contributed by atoms with Crippen LogP contribution in [0.15, 0.2) is 18.2 Å². The Balaban J connectivity index is 2.20. The Bertz CT molecular complexity index is 652. The number of ether oxygens (including phenoxy) is 1. The van der Waals surface area contributed by atoms with Gasteiger partial charge in [0.05, 0.1) is 12.7 Å². The molecule has 1 amide bonds. The summed E-state index contributed by atoms with van der Waals surface area (Å²) in [7, 11) is 1.56. The zero-order valence-corrected chi connectivity index (χ0v) is 13.0. The van der Waals surface area contributed by atoms with Gasteiger partial charge in [0.2, 0.25) is 5.91 Å². The summed E-state index contributed by atoms with van der Waals surface area (Å²) in [5.74, 6) is -1.24. The minimum Gasteiger partial charge on any atom is -0.465 e. The molecule has 0 radical (unpaired) electrons. The van der Waals surface area contributed by atoms with Crippen LogP contribution in [0.1, 0.15) is 12.5 Å². The van der Waals surface area contributed by atoms with E-state index < -0.39 is 34.5 Å². The van der Waals surface area contributed by atoms with Crippen molar-refractivity contribution in [2.75, 3.05) is 24.3 Å². The molecule has 0 unspecified atom stereocenters. The molecule has 2 aliphatic rings. The van der Waals surface area contributed by atoms with Crippen LogP contribution in [0.2, 0.25) is 0 Å². The Labute approximate surface area is 131 Å². The molecule has 0 aromatic heterocycles. The number of anilines is 1. The van der Waals surface area contributed by atoms with Crippen molar-refractivity contribution in [1.29, 1.82) is 0 Å². The number of carbonyl (C=O) groups is 2. The first-order chi connectivity index (χ1) is 10.4. The van der Waals surface area contributed by atoms with Crippen molar-refractivity contribution in [3.05, 3.63) is 29.6 Å². The fourth-order valence-corrected chi connectivity index (χ4v) is 4.80. The van der Waals surface area contributed by atoms with Gasteiger partial charge in [-0.1, -0.05) is 0 Å². The number of halogens is 1. The molecule has 1 fully saturated rings. The molecular weight excluding hydrogens is 309 g/mol. The Morgan fingerprint density at radius 1 is 1.59 bits per heavy atom. The summed E-state index contributed by atoms with van der Waals surface area (Å²) in [5.41, 5.74) is -0.596. The summed E-state index contributed by atoms with van der Waals surface area (Å²) in [5, 5.41) is 9.62. The van der Waals surface area contributed by atoms with Gasteiger partial charge in [-0.25, -0.2) is 4.39 Å². The minimum atomic E-state index is -1.47. The van der Waals surface area contributed by atoms with E-state index in [-0.39, 0.29) is 12.4 Å². The van der Waals surface area contributed by atoms with E-state index in [9.17, 15) is 19.1 Å². The number of rotatable bonds is 2. The Kier molecular flexibility index (Phi) is 3.65. The van der Waals surface area contributed by atoms with Crippen LogP contribution in [-0.4, -0.2) is 47.7 Å². The van der Waals surface area contributed by atoms with Gasteiger partial charge in [0, 0.05) is 18.5 Å². The van der Waals surface area contributed by atoms with Gasteiger partial charge in [0.25, 0.3) is 0 Å². The molecule has 0 bridgehead atoms. The lowest BCUT2D eigenvalue weighted by atomic mass is 9.74. The maximum absolute atomic E-state index is 13.7. The highest BCUT2D eigenvalue weighted by Crippen LogP contribution is 2.54. The number of amides is 1. The Hall–Kier alpha value is -1.60. The Morgan fingerprint density at radius 2 is 2.32 bits per heavy atom. The molecule has 2 aliphatic heterocycles. The van der Waals surface area contributed by atoms with Crippen LogP contribution in [0.5, 0.6) is 0 Å². The minimum absolute atomic E-state index is 0.183. The van der Waals surface area contributed by atoms with E-state index in [4.69, 9.17) is 4.74 Å². The predicted molar refractivity (Wildman–Crippen MR) is 80.4 cm³/mol. The maximum atomic E-state index is 13.7. The average molecular weight is 325 g/mol. The number of esters is 1. The maximum Gasteiger partial charge on any atom is 0.320 e. The van der Waals surface area contributed by atoms with E-state index in [1.165, 1.54) is 34.9 Å². The highest BCUT2D eigenvalue weighted by molar-refractivity contribution is 8.01. The third kappa shape index (κ3) is 1.82. The highest BCUT2D eigenvalue weighted by Gasteiger charge is 2.65. The number of hydrogen-bond acceptors (Lipinski definition) is 5. The van der Waals surface area contributed by atoms with Gasteiger partial charge < -0.3 is 14.7 Å². The standard InChI is InChI=1S/C15H16FNO4S/c1-3-21-13(19)12-15(11(18)7-22-12)9-6-8(16)4-5-10(9)17(2)14(15)20/h4-6,11-12,18H,3,7H2,1-2H3/t11-,12+,15-/m0/s1. The van der Waals surface area contributed by atoms with Crippen molar-refractivity contribution in [3.8, 4) is 0 Å². The molecule has 1 aromatic carbocycles. The summed E-state index contributed by atoms with van der Waals surface area (Å²) < 4.78 is 18.8. The molecule has 1 spiro atoms. The van der Waals surface area contributed by atoms with Gasteiger partial charge in [0.15, 0.2) is 0 Å². The second kappa shape index (κ2) is 5.24. The number of nitrogens with zero attached hydrogens (tertiary/aromatic N) is 1. The zero-order valence-electron chi connectivity index (χ0n) is 12.2. The predicted octanol–water partition coefficient (Wildman–Crippen LogP) is 1.08. The first kappa shape index (κ1) is 15.3. The third-order valence-corrected chi connectivity index (χ3v) is 5.69. The van der Waals surface area contributed by atoms with Crippen molar-refractivity contribution >= 4 is 29.3 Å². The monoisotopic (exact) mass is 325 g/mol. The lowest BCUT2D eigenvalue weighted by Gasteiger charge is -2.30. The molecule has 3 atom stereocenters. The molecule has 1 saturated heterocycles. The first-order valence-corrected chi connectivity index (χ1v) is 8.04. The molecule has 1 N–H and O–H groups in total. The summed E-state index contributed by atoms with van der Waals surface area (Å²) in [6.07, 6.45) is -1.06.